The van der Waals surface area contributed by atoms with Crippen LogP contribution in [0.3, 0.4) is 0 Å². The predicted molar refractivity (Wildman–Crippen MR) is 37.6 cm³/mol. The molecule has 4 heteroatoms. The number of Topliss-reactive ketones (excluding diaryl/α,β-unsaturated/α-hetero) is 1. The topological polar surface area (TPSA) is 17.1 Å². The van der Waals surface area contributed by atoms with Gasteiger partial charge in [0, 0.05) is 12.5 Å². The third-order valence-corrected chi connectivity index (χ3v) is 1.80. The van der Waals surface area contributed by atoms with Gasteiger partial charge >= 0.3 is 6.18 Å². The lowest BCUT2D eigenvalue weighted by Crippen LogP contribution is -2.13. The number of hydrogen-bond acceptors (Lipinski definition) is 1. The summed E-state index contributed by atoms with van der Waals surface area (Å²) in [4.78, 5) is 10.9. The van der Waals surface area contributed by atoms with E-state index in [0.717, 1.165) is 0 Å². The molecular formula is C8H9F3O. The van der Waals surface area contributed by atoms with Crippen LogP contribution in [0.5, 0.6) is 0 Å². The maximum atomic E-state index is 11.8. The van der Waals surface area contributed by atoms with Gasteiger partial charge in [-0.25, -0.2) is 0 Å². The van der Waals surface area contributed by atoms with Gasteiger partial charge in [0.15, 0.2) is 5.78 Å². The Kier molecular flexibility index (Phi) is 2.55. The van der Waals surface area contributed by atoms with Crippen LogP contribution in [0.1, 0.15) is 25.7 Å². The van der Waals surface area contributed by atoms with Gasteiger partial charge in [-0.2, -0.15) is 13.2 Å². The number of halogens is 3. The summed E-state index contributed by atoms with van der Waals surface area (Å²) < 4.78 is 35.4. The Bertz CT molecular complexity index is 215. The number of carbonyl (C=O) groups excluding carboxylic acids is 1. The molecular weight excluding hydrogens is 169 g/mol. The molecule has 0 amide bonds. The van der Waals surface area contributed by atoms with Crippen molar-refractivity contribution in [3.05, 3.63) is 11.6 Å². The molecule has 0 spiro atoms. The Morgan fingerprint density at radius 1 is 1.17 bits per heavy atom. The highest BCUT2D eigenvalue weighted by molar-refractivity contribution is 5.96. The standard InChI is InChI=1S/C8H9F3O/c9-8(10,11)5-6-3-1-2-4-7(6)12/h5H,1-4H2/b6-5+. The van der Waals surface area contributed by atoms with Crippen molar-refractivity contribution >= 4 is 5.78 Å². The van der Waals surface area contributed by atoms with Crippen LogP contribution in [-0.4, -0.2) is 12.0 Å². The summed E-state index contributed by atoms with van der Waals surface area (Å²) in [7, 11) is 0. The average molecular weight is 178 g/mol. The van der Waals surface area contributed by atoms with Crippen molar-refractivity contribution in [2.45, 2.75) is 31.9 Å². The van der Waals surface area contributed by atoms with Gasteiger partial charge < -0.3 is 0 Å². The molecule has 1 fully saturated rings. The Hall–Kier alpha value is -0.800. The average Bonchev–Trinajstić information content (AvgIpc) is 1.91. The normalized spacial score (nSPS) is 23.2. The minimum Gasteiger partial charge on any atom is -0.295 e. The van der Waals surface area contributed by atoms with E-state index in [1.807, 2.05) is 0 Å². The Morgan fingerprint density at radius 2 is 1.75 bits per heavy atom. The van der Waals surface area contributed by atoms with Crippen LogP contribution >= 0.6 is 0 Å². The first-order chi connectivity index (χ1) is 5.49. The number of alkyl halides is 3. The third-order valence-electron chi connectivity index (χ3n) is 1.80. The van der Waals surface area contributed by atoms with Crippen molar-refractivity contribution in [3.63, 3.8) is 0 Å². The molecule has 0 bridgehead atoms. The lowest BCUT2D eigenvalue weighted by molar-refractivity contribution is -0.117. The van der Waals surface area contributed by atoms with Crippen LogP contribution in [0.25, 0.3) is 0 Å². The van der Waals surface area contributed by atoms with E-state index in [4.69, 9.17) is 0 Å². The maximum absolute atomic E-state index is 11.8. The van der Waals surface area contributed by atoms with E-state index in [9.17, 15) is 18.0 Å². The third kappa shape index (κ3) is 2.68. The van der Waals surface area contributed by atoms with Gasteiger partial charge in [-0.1, -0.05) is 0 Å². The van der Waals surface area contributed by atoms with E-state index in [1.54, 1.807) is 0 Å². The summed E-state index contributed by atoms with van der Waals surface area (Å²) in [6.45, 7) is 0. The van der Waals surface area contributed by atoms with E-state index in [2.05, 4.69) is 0 Å². The first-order valence-corrected chi connectivity index (χ1v) is 3.81. The zero-order chi connectivity index (χ0) is 9.19. The highest BCUT2D eigenvalue weighted by Gasteiger charge is 2.27. The summed E-state index contributed by atoms with van der Waals surface area (Å²) >= 11 is 0. The van der Waals surface area contributed by atoms with Gasteiger partial charge in [0.2, 0.25) is 0 Å². The minimum absolute atomic E-state index is 0.0613. The molecule has 0 aromatic heterocycles. The number of carbonyl (C=O) groups is 1. The van der Waals surface area contributed by atoms with E-state index in [0.29, 0.717) is 12.8 Å². The summed E-state index contributed by atoms with van der Waals surface area (Å²) in [6.07, 6.45) is -2.27. The van der Waals surface area contributed by atoms with E-state index in [1.165, 1.54) is 0 Å². The molecule has 0 aromatic carbocycles. The summed E-state index contributed by atoms with van der Waals surface area (Å²) in [5, 5.41) is 0. The number of ketones is 1. The zero-order valence-corrected chi connectivity index (χ0v) is 6.45. The second-order valence-corrected chi connectivity index (χ2v) is 2.84. The quantitative estimate of drug-likeness (QED) is 0.521. The van der Waals surface area contributed by atoms with Gasteiger partial charge in [-0.3, -0.25) is 4.79 Å². The molecule has 0 N–H and O–H groups in total. The molecule has 1 aliphatic rings. The molecule has 1 rings (SSSR count). The molecule has 0 radical (unpaired) electrons. The number of allylic oxidation sites excluding steroid dienone is 2. The van der Waals surface area contributed by atoms with E-state index in [-0.39, 0.29) is 30.3 Å². The van der Waals surface area contributed by atoms with Crippen molar-refractivity contribution in [1.82, 2.24) is 0 Å². The van der Waals surface area contributed by atoms with Crippen LogP contribution in [0.2, 0.25) is 0 Å². The van der Waals surface area contributed by atoms with Crippen LogP contribution in [-0.2, 0) is 4.79 Å². The van der Waals surface area contributed by atoms with E-state index < -0.39 is 6.18 Å². The largest absolute Gasteiger partial charge is 0.410 e. The van der Waals surface area contributed by atoms with Gasteiger partial charge in [0.25, 0.3) is 0 Å². The van der Waals surface area contributed by atoms with Crippen LogP contribution in [0, 0.1) is 0 Å². The Morgan fingerprint density at radius 3 is 2.25 bits per heavy atom. The molecule has 0 atom stereocenters. The highest BCUT2D eigenvalue weighted by Crippen LogP contribution is 2.25. The first-order valence-electron chi connectivity index (χ1n) is 3.81. The van der Waals surface area contributed by atoms with Gasteiger partial charge in [0.1, 0.15) is 0 Å². The second kappa shape index (κ2) is 3.29. The van der Waals surface area contributed by atoms with Gasteiger partial charge in [-0.05, 0) is 24.8 Å². The lowest BCUT2D eigenvalue weighted by Gasteiger charge is -2.12. The van der Waals surface area contributed by atoms with E-state index >= 15 is 0 Å². The summed E-state index contributed by atoms with van der Waals surface area (Å²) in [5.74, 6) is -0.349. The first kappa shape index (κ1) is 9.29. The predicted octanol–water partition coefficient (Wildman–Crippen LogP) is 2.62. The Labute approximate surface area is 68.3 Å². The van der Waals surface area contributed by atoms with Crippen LogP contribution < -0.4 is 0 Å². The van der Waals surface area contributed by atoms with Crippen molar-refractivity contribution in [3.8, 4) is 0 Å². The van der Waals surface area contributed by atoms with Crippen LogP contribution in [0.15, 0.2) is 11.6 Å². The molecule has 0 saturated heterocycles. The minimum atomic E-state index is -4.34. The molecule has 0 unspecified atom stereocenters. The molecule has 1 saturated carbocycles. The molecule has 0 heterocycles. The fourth-order valence-corrected chi connectivity index (χ4v) is 1.25. The molecule has 0 aromatic rings. The van der Waals surface area contributed by atoms with Gasteiger partial charge in [0.05, 0.1) is 0 Å². The van der Waals surface area contributed by atoms with Crippen molar-refractivity contribution in [2.75, 3.05) is 0 Å². The number of rotatable bonds is 0. The molecule has 12 heavy (non-hydrogen) atoms. The van der Waals surface area contributed by atoms with Crippen molar-refractivity contribution < 1.29 is 18.0 Å². The number of hydrogen-bond donors (Lipinski definition) is 0. The fourth-order valence-electron chi connectivity index (χ4n) is 1.25. The molecule has 1 nitrogen and oxygen atoms in total. The SMILES string of the molecule is O=C1CCCC/C1=C\C(F)(F)F. The van der Waals surface area contributed by atoms with Crippen molar-refractivity contribution in [2.24, 2.45) is 0 Å². The molecule has 1 aliphatic carbocycles. The van der Waals surface area contributed by atoms with Crippen molar-refractivity contribution in [1.29, 1.82) is 0 Å². The molecule has 0 aliphatic heterocycles. The molecule has 68 valence electrons. The maximum Gasteiger partial charge on any atom is 0.410 e. The monoisotopic (exact) mass is 178 g/mol. The summed E-state index contributed by atoms with van der Waals surface area (Å²) in [5.41, 5.74) is -0.0613. The smallest absolute Gasteiger partial charge is 0.295 e. The highest BCUT2D eigenvalue weighted by atomic mass is 19.4. The summed E-state index contributed by atoms with van der Waals surface area (Å²) in [6, 6.07) is 0. The fraction of sp³-hybridized carbons (Fsp3) is 0.625. The lowest BCUT2D eigenvalue weighted by atomic mass is 9.93. The Balaban J connectivity index is 2.72. The second-order valence-electron chi connectivity index (χ2n) is 2.84. The van der Waals surface area contributed by atoms with Crippen LogP contribution in [0.4, 0.5) is 13.2 Å². The zero-order valence-electron chi connectivity index (χ0n) is 6.45. The van der Waals surface area contributed by atoms with Gasteiger partial charge in [-0.15, -0.1) is 0 Å².